The zero-order valence-electron chi connectivity index (χ0n) is 14.1. The molecule has 2 fully saturated rings. The van der Waals surface area contributed by atoms with Gasteiger partial charge in [0.25, 0.3) is 0 Å². The minimum atomic E-state index is 0.387. The van der Waals surface area contributed by atoms with E-state index in [0.29, 0.717) is 11.3 Å². The Labute approximate surface area is 141 Å². The largest absolute Gasteiger partial charge is 0.300 e. The average Bonchev–Trinajstić information content (AvgIpc) is 3.33. The van der Waals surface area contributed by atoms with Crippen LogP contribution in [0.25, 0.3) is 0 Å². The first-order valence-corrected chi connectivity index (χ1v) is 9.64. The normalized spacial score (nSPS) is 31.5. The maximum atomic E-state index is 6.35. The van der Waals surface area contributed by atoms with Crippen LogP contribution in [0.1, 0.15) is 75.3 Å². The molecular weight excluding hydrogens is 290 g/mol. The molecule has 1 aromatic rings. The van der Waals surface area contributed by atoms with Crippen molar-refractivity contribution in [3.63, 3.8) is 0 Å². The lowest BCUT2D eigenvalue weighted by Gasteiger charge is -2.26. The van der Waals surface area contributed by atoms with Crippen molar-refractivity contribution in [2.75, 3.05) is 13.1 Å². The van der Waals surface area contributed by atoms with Crippen molar-refractivity contribution in [3.05, 3.63) is 35.4 Å². The second-order valence-corrected chi connectivity index (χ2v) is 7.78. The maximum absolute atomic E-state index is 6.35. The first-order chi connectivity index (χ1) is 10.7. The number of alkyl halides is 1. The van der Waals surface area contributed by atoms with Crippen molar-refractivity contribution < 1.29 is 0 Å². The van der Waals surface area contributed by atoms with Gasteiger partial charge in [-0.2, -0.15) is 0 Å². The Morgan fingerprint density at radius 2 is 1.77 bits per heavy atom. The Bertz CT molecular complexity index is 469. The molecule has 22 heavy (non-hydrogen) atoms. The van der Waals surface area contributed by atoms with Crippen molar-refractivity contribution in [2.45, 2.75) is 75.6 Å². The van der Waals surface area contributed by atoms with Gasteiger partial charge in [-0.15, -0.1) is 11.6 Å². The Kier molecular flexibility index (Phi) is 5.46. The summed E-state index contributed by atoms with van der Waals surface area (Å²) < 4.78 is 0. The predicted octanol–water partition coefficient (Wildman–Crippen LogP) is 5.54. The summed E-state index contributed by atoms with van der Waals surface area (Å²) in [6.07, 6.45) is 7.57. The van der Waals surface area contributed by atoms with Gasteiger partial charge < -0.3 is 4.90 Å². The number of halogens is 1. The van der Waals surface area contributed by atoms with Crippen LogP contribution in [0.3, 0.4) is 0 Å². The van der Waals surface area contributed by atoms with Crippen molar-refractivity contribution >= 4 is 11.6 Å². The molecule has 2 aliphatic rings. The van der Waals surface area contributed by atoms with Crippen LogP contribution in [0.4, 0.5) is 0 Å². The first-order valence-electron chi connectivity index (χ1n) is 9.20. The van der Waals surface area contributed by atoms with E-state index in [-0.39, 0.29) is 0 Å². The minimum absolute atomic E-state index is 0.387. The van der Waals surface area contributed by atoms with E-state index in [4.69, 9.17) is 11.6 Å². The van der Waals surface area contributed by atoms with Crippen molar-refractivity contribution in [1.29, 1.82) is 0 Å². The van der Waals surface area contributed by atoms with Gasteiger partial charge in [-0.05, 0) is 62.2 Å². The average molecular weight is 320 g/mol. The Morgan fingerprint density at radius 3 is 2.41 bits per heavy atom. The van der Waals surface area contributed by atoms with Crippen LogP contribution in [0.5, 0.6) is 0 Å². The summed E-state index contributed by atoms with van der Waals surface area (Å²) >= 11 is 6.35. The number of rotatable bonds is 6. The van der Waals surface area contributed by atoms with E-state index < -0.39 is 0 Å². The molecular formula is C20H30ClN. The highest BCUT2D eigenvalue weighted by molar-refractivity contribution is 6.20. The highest BCUT2D eigenvalue weighted by Crippen LogP contribution is 2.45. The fraction of sp³-hybridized carbons (Fsp3) is 0.700. The predicted molar refractivity (Wildman–Crippen MR) is 96.0 cm³/mol. The highest BCUT2D eigenvalue weighted by atomic mass is 35.5. The Morgan fingerprint density at radius 1 is 1.05 bits per heavy atom. The molecule has 0 N–H and O–H groups in total. The van der Waals surface area contributed by atoms with Gasteiger partial charge in [0.1, 0.15) is 0 Å². The van der Waals surface area contributed by atoms with Gasteiger partial charge in [-0.3, -0.25) is 0 Å². The van der Waals surface area contributed by atoms with Crippen LogP contribution < -0.4 is 0 Å². The number of likely N-dealkylation sites (N-methyl/N-ethyl adjacent to an activating group) is 1. The molecule has 4 atom stereocenters. The summed E-state index contributed by atoms with van der Waals surface area (Å²) in [7, 11) is 0. The van der Waals surface area contributed by atoms with Gasteiger partial charge in [-0.1, -0.05) is 44.5 Å². The molecule has 0 spiro atoms. The molecule has 122 valence electrons. The fourth-order valence-corrected chi connectivity index (χ4v) is 4.61. The van der Waals surface area contributed by atoms with E-state index in [1.165, 1.54) is 50.8 Å². The van der Waals surface area contributed by atoms with E-state index in [9.17, 15) is 0 Å². The van der Waals surface area contributed by atoms with Crippen molar-refractivity contribution in [1.82, 2.24) is 4.90 Å². The van der Waals surface area contributed by atoms with Gasteiger partial charge in [-0.25, -0.2) is 0 Å². The Hall–Kier alpha value is -0.530. The summed E-state index contributed by atoms with van der Waals surface area (Å²) in [5, 5.41) is 0.387. The zero-order chi connectivity index (χ0) is 15.5. The fourth-order valence-electron chi connectivity index (χ4n) is 4.24. The quantitative estimate of drug-likeness (QED) is 0.622. The maximum Gasteiger partial charge on any atom is 0.0341 e. The summed E-state index contributed by atoms with van der Waals surface area (Å²) in [5.74, 6) is 1.46. The molecule has 0 amide bonds. The number of benzene rings is 1. The Balaban J connectivity index is 1.61. The zero-order valence-corrected chi connectivity index (χ0v) is 14.9. The lowest BCUT2D eigenvalue weighted by atomic mass is 9.83. The molecule has 0 aromatic heterocycles. The molecule has 3 rings (SSSR count). The third-order valence-electron chi connectivity index (χ3n) is 5.59. The van der Waals surface area contributed by atoms with E-state index >= 15 is 0 Å². The third-order valence-corrected chi connectivity index (χ3v) is 5.99. The lowest BCUT2D eigenvalue weighted by Crippen LogP contribution is -2.27. The molecule has 0 heterocycles. The van der Waals surface area contributed by atoms with Crippen LogP contribution in [-0.2, 0) is 0 Å². The van der Waals surface area contributed by atoms with Gasteiger partial charge in [0.2, 0.25) is 0 Å². The topological polar surface area (TPSA) is 3.24 Å². The van der Waals surface area contributed by atoms with E-state index in [1.807, 2.05) is 0 Å². The lowest BCUT2D eigenvalue weighted by molar-refractivity contribution is 0.274. The molecule has 2 heteroatoms. The molecule has 0 aliphatic heterocycles. The summed E-state index contributed by atoms with van der Waals surface area (Å²) in [4.78, 5) is 2.65. The minimum Gasteiger partial charge on any atom is -0.300 e. The summed E-state index contributed by atoms with van der Waals surface area (Å²) in [5.41, 5.74) is 3.05. The second kappa shape index (κ2) is 7.36. The van der Waals surface area contributed by atoms with Crippen LogP contribution in [-0.4, -0.2) is 29.4 Å². The highest BCUT2D eigenvalue weighted by Gasteiger charge is 2.41. The molecule has 2 aliphatic carbocycles. The smallest absolute Gasteiger partial charge is 0.0341 e. The standard InChI is InChI=1S/C20H30ClN/c1-3-12-22(4-2)20-14-19(20)16-10-8-15(9-11-16)17-6-5-7-18(21)13-17/h8-11,17-20H,3-7,12-14H2,1-2H3. The molecule has 1 aromatic carbocycles. The SMILES string of the molecule is CCCN(CC)C1CC1c1ccc(C2CCCC(Cl)C2)cc1. The van der Waals surface area contributed by atoms with E-state index in [0.717, 1.165) is 18.4 Å². The van der Waals surface area contributed by atoms with Gasteiger partial charge in [0.15, 0.2) is 0 Å². The monoisotopic (exact) mass is 319 g/mol. The van der Waals surface area contributed by atoms with Crippen LogP contribution in [0.2, 0.25) is 0 Å². The van der Waals surface area contributed by atoms with Crippen molar-refractivity contribution in [3.8, 4) is 0 Å². The molecule has 4 unspecified atom stereocenters. The summed E-state index contributed by atoms with van der Waals surface area (Å²) in [6.45, 7) is 7.00. The van der Waals surface area contributed by atoms with E-state index in [2.05, 4.69) is 43.0 Å². The van der Waals surface area contributed by atoms with Crippen LogP contribution in [0.15, 0.2) is 24.3 Å². The third kappa shape index (κ3) is 3.68. The molecule has 0 bridgehead atoms. The van der Waals surface area contributed by atoms with Gasteiger partial charge in [0, 0.05) is 17.3 Å². The van der Waals surface area contributed by atoms with Crippen LogP contribution >= 0.6 is 11.6 Å². The van der Waals surface area contributed by atoms with Gasteiger partial charge >= 0.3 is 0 Å². The second-order valence-electron chi connectivity index (χ2n) is 7.17. The van der Waals surface area contributed by atoms with Crippen LogP contribution in [0, 0.1) is 0 Å². The van der Waals surface area contributed by atoms with Gasteiger partial charge in [0.05, 0.1) is 0 Å². The molecule has 0 saturated heterocycles. The molecule has 0 radical (unpaired) electrons. The number of hydrogen-bond donors (Lipinski definition) is 0. The van der Waals surface area contributed by atoms with E-state index in [1.54, 1.807) is 5.56 Å². The number of nitrogens with zero attached hydrogens (tertiary/aromatic N) is 1. The first kappa shape index (κ1) is 16.3. The number of hydrogen-bond acceptors (Lipinski definition) is 1. The summed E-state index contributed by atoms with van der Waals surface area (Å²) in [6, 6.07) is 10.3. The molecule has 2 saturated carbocycles. The van der Waals surface area contributed by atoms with Crippen molar-refractivity contribution in [2.24, 2.45) is 0 Å². The molecule has 1 nitrogen and oxygen atoms in total.